The molecule has 0 radical (unpaired) electrons. The van der Waals surface area contributed by atoms with Crippen LogP contribution in [0.1, 0.15) is 36.2 Å². The summed E-state index contributed by atoms with van der Waals surface area (Å²) in [6.45, 7) is 6.45. The number of benzene rings is 2. The van der Waals surface area contributed by atoms with Crippen molar-refractivity contribution in [3.63, 3.8) is 0 Å². The molecule has 0 aliphatic heterocycles. The maximum absolute atomic E-state index is 12.2. The van der Waals surface area contributed by atoms with Gasteiger partial charge in [-0.05, 0) is 55.7 Å². The first-order chi connectivity index (χ1) is 11.8. The summed E-state index contributed by atoms with van der Waals surface area (Å²) in [6, 6.07) is 13.4. The normalized spacial score (nSPS) is 11.5. The van der Waals surface area contributed by atoms with Crippen molar-refractivity contribution in [1.82, 2.24) is 4.72 Å². The van der Waals surface area contributed by atoms with Crippen molar-refractivity contribution in [1.29, 1.82) is 0 Å². The van der Waals surface area contributed by atoms with Crippen LogP contribution in [-0.4, -0.2) is 20.9 Å². The van der Waals surface area contributed by atoms with Gasteiger partial charge in [-0.15, -0.1) is 0 Å². The highest BCUT2D eigenvalue weighted by Crippen LogP contribution is 2.14. The molecule has 2 aromatic carbocycles. The van der Waals surface area contributed by atoms with Crippen LogP contribution >= 0.6 is 0 Å². The van der Waals surface area contributed by atoms with Crippen LogP contribution in [0.2, 0.25) is 0 Å². The van der Waals surface area contributed by atoms with Gasteiger partial charge in [0.2, 0.25) is 10.0 Å². The topological polar surface area (TPSA) is 75.3 Å². The highest BCUT2D eigenvalue weighted by Gasteiger charge is 2.14. The van der Waals surface area contributed by atoms with Crippen molar-refractivity contribution in [3.8, 4) is 0 Å². The zero-order chi connectivity index (χ0) is 18.4. The summed E-state index contributed by atoms with van der Waals surface area (Å²) < 4.78 is 27.0. The smallest absolute Gasteiger partial charge is 0.255 e. The Labute approximate surface area is 149 Å². The number of anilines is 1. The van der Waals surface area contributed by atoms with Gasteiger partial charge in [-0.25, -0.2) is 13.1 Å². The number of nitrogens with one attached hydrogen (secondary N) is 2. The molecular formula is C19H24N2O3S. The molecule has 0 unspecified atom stereocenters. The average Bonchev–Trinajstić information content (AvgIpc) is 2.56. The maximum atomic E-state index is 12.2. The second-order valence-electron chi connectivity index (χ2n) is 6.42. The van der Waals surface area contributed by atoms with E-state index < -0.39 is 10.0 Å². The Morgan fingerprint density at radius 3 is 2.16 bits per heavy atom. The first kappa shape index (κ1) is 19.1. The molecule has 0 aliphatic carbocycles. The van der Waals surface area contributed by atoms with Crippen LogP contribution in [0.3, 0.4) is 0 Å². The van der Waals surface area contributed by atoms with Gasteiger partial charge in [0, 0.05) is 17.8 Å². The van der Waals surface area contributed by atoms with Crippen LogP contribution < -0.4 is 10.0 Å². The zero-order valence-corrected chi connectivity index (χ0v) is 15.6. The van der Waals surface area contributed by atoms with Gasteiger partial charge in [-0.1, -0.05) is 31.5 Å². The minimum absolute atomic E-state index is 0.156. The van der Waals surface area contributed by atoms with Crippen LogP contribution in [0.5, 0.6) is 0 Å². The molecule has 0 fully saturated rings. The number of hydrogen-bond acceptors (Lipinski definition) is 3. The number of carbonyl (C=O) groups excluding carboxylic acids is 1. The monoisotopic (exact) mass is 360 g/mol. The van der Waals surface area contributed by atoms with Crippen molar-refractivity contribution < 1.29 is 13.2 Å². The second kappa shape index (κ2) is 8.27. The van der Waals surface area contributed by atoms with Crippen molar-refractivity contribution in [2.45, 2.75) is 32.1 Å². The predicted octanol–water partition coefficient (Wildman–Crippen LogP) is 3.57. The predicted molar refractivity (Wildman–Crippen MR) is 100 cm³/mol. The van der Waals surface area contributed by atoms with Crippen LogP contribution in [0.15, 0.2) is 53.4 Å². The molecule has 0 aromatic heterocycles. The molecule has 0 heterocycles. The third-order valence-electron chi connectivity index (χ3n) is 3.75. The van der Waals surface area contributed by atoms with E-state index in [1.165, 1.54) is 24.3 Å². The first-order valence-corrected chi connectivity index (χ1v) is 9.74. The van der Waals surface area contributed by atoms with E-state index >= 15 is 0 Å². The van der Waals surface area contributed by atoms with Gasteiger partial charge in [-0.3, -0.25) is 4.79 Å². The number of hydrogen-bond donors (Lipinski definition) is 2. The van der Waals surface area contributed by atoms with Gasteiger partial charge >= 0.3 is 0 Å². The lowest BCUT2D eigenvalue weighted by molar-refractivity contribution is 0.102. The Morgan fingerprint density at radius 2 is 1.60 bits per heavy atom. The fraction of sp³-hybridized carbons (Fsp3) is 0.316. The molecule has 1 amide bonds. The Balaban J connectivity index is 2.03. The number of carbonyl (C=O) groups is 1. The third kappa shape index (κ3) is 5.69. The fourth-order valence-electron chi connectivity index (χ4n) is 2.19. The molecule has 0 saturated carbocycles. The molecule has 0 bridgehead atoms. The summed E-state index contributed by atoms with van der Waals surface area (Å²) in [4.78, 5) is 12.4. The molecule has 25 heavy (non-hydrogen) atoms. The lowest BCUT2D eigenvalue weighted by Crippen LogP contribution is -2.25. The van der Waals surface area contributed by atoms with Crippen LogP contribution in [0, 0.1) is 12.8 Å². The summed E-state index contributed by atoms with van der Waals surface area (Å²) in [6.07, 6.45) is 0.774. The zero-order valence-electron chi connectivity index (χ0n) is 14.7. The van der Waals surface area contributed by atoms with Gasteiger partial charge < -0.3 is 5.32 Å². The van der Waals surface area contributed by atoms with E-state index in [1.54, 1.807) is 0 Å². The van der Waals surface area contributed by atoms with Gasteiger partial charge in [-0.2, -0.15) is 0 Å². The molecule has 0 saturated heterocycles. The molecule has 2 N–H and O–H groups in total. The van der Waals surface area contributed by atoms with Gasteiger partial charge in [0.15, 0.2) is 0 Å². The van der Waals surface area contributed by atoms with Crippen molar-refractivity contribution in [3.05, 3.63) is 59.7 Å². The molecule has 5 nitrogen and oxygen atoms in total. The minimum atomic E-state index is -3.54. The van der Waals surface area contributed by atoms with Crippen molar-refractivity contribution in [2.24, 2.45) is 5.92 Å². The van der Waals surface area contributed by atoms with E-state index in [1.807, 2.05) is 45.0 Å². The van der Waals surface area contributed by atoms with Crippen LogP contribution in [-0.2, 0) is 10.0 Å². The summed E-state index contributed by atoms with van der Waals surface area (Å²) in [5, 5.41) is 2.79. The number of amides is 1. The molecular weight excluding hydrogens is 336 g/mol. The third-order valence-corrected chi connectivity index (χ3v) is 5.23. The highest BCUT2D eigenvalue weighted by molar-refractivity contribution is 7.89. The second-order valence-corrected chi connectivity index (χ2v) is 8.19. The van der Waals surface area contributed by atoms with E-state index in [2.05, 4.69) is 10.0 Å². The van der Waals surface area contributed by atoms with Gasteiger partial charge in [0.1, 0.15) is 0 Å². The lowest BCUT2D eigenvalue weighted by atomic mass is 10.1. The standard InChI is InChI=1S/C19H24N2O3S/c1-14(2)12-13-20-25(23,24)18-10-6-16(7-11-18)19(22)21-17-8-4-15(3)5-9-17/h4-11,14,20H,12-13H2,1-3H3,(H,21,22). The summed E-state index contributed by atoms with van der Waals surface area (Å²) >= 11 is 0. The molecule has 0 spiro atoms. The molecule has 2 aromatic rings. The Morgan fingerprint density at radius 1 is 1.00 bits per heavy atom. The number of rotatable bonds is 7. The fourth-order valence-corrected chi connectivity index (χ4v) is 3.24. The molecule has 134 valence electrons. The van der Waals surface area contributed by atoms with Gasteiger partial charge in [0.05, 0.1) is 4.90 Å². The van der Waals surface area contributed by atoms with Crippen molar-refractivity contribution >= 4 is 21.6 Å². The number of sulfonamides is 1. The minimum Gasteiger partial charge on any atom is -0.322 e. The van der Waals surface area contributed by atoms with Crippen LogP contribution in [0.4, 0.5) is 5.69 Å². The van der Waals surface area contributed by atoms with Crippen molar-refractivity contribution in [2.75, 3.05) is 11.9 Å². The summed E-state index contributed by atoms with van der Waals surface area (Å²) in [5.74, 6) is 0.149. The van der Waals surface area contributed by atoms with E-state index in [0.717, 1.165) is 12.0 Å². The Kier molecular flexibility index (Phi) is 6.33. The SMILES string of the molecule is Cc1ccc(NC(=O)c2ccc(S(=O)(=O)NCCC(C)C)cc2)cc1. The molecule has 0 aliphatic rings. The van der Waals surface area contributed by atoms with Crippen LogP contribution in [0.25, 0.3) is 0 Å². The Hall–Kier alpha value is -2.18. The molecule has 0 atom stereocenters. The molecule has 2 rings (SSSR count). The summed E-state index contributed by atoms with van der Waals surface area (Å²) in [7, 11) is -3.54. The largest absolute Gasteiger partial charge is 0.322 e. The van der Waals surface area contributed by atoms with Gasteiger partial charge in [0.25, 0.3) is 5.91 Å². The van der Waals surface area contributed by atoms with E-state index in [4.69, 9.17) is 0 Å². The first-order valence-electron chi connectivity index (χ1n) is 8.25. The summed E-state index contributed by atoms with van der Waals surface area (Å²) in [5.41, 5.74) is 2.21. The quantitative estimate of drug-likeness (QED) is 0.792. The van der Waals surface area contributed by atoms with E-state index in [0.29, 0.717) is 23.7 Å². The Bertz CT molecular complexity index is 811. The number of aryl methyl sites for hydroxylation is 1. The van der Waals surface area contributed by atoms with E-state index in [9.17, 15) is 13.2 Å². The highest BCUT2D eigenvalue weighted by atomic mass is 32.2. The van der Waals surface area contributed by atoms with E-state index in [-0.39, 0.29) is 10.8 Å². The molecule has 6 heteroatoms. The average molecular weight is 360 g/mol. The maximum Gasteiger partial charge on any atom is 0.255 e. The lowest BCUT2D eigenvalue weighted by Gasteiger charge is -2.09.